The van der Waals surface area contributed by atoms with Gasteiger partial charge < -0.3 is 15.2 Å². The van der Waals surface area contributed by atoms with E-state index in [0.29, 0.717) is 13.2 Å². The highest BCUT2D eigenvalue weighted by Gasteiger charge is 2.20. The molecule has 0 aliphatic carbocycles. The molecule has 70 valence electrons. The summed E-state index contributed by atoms with van der Waals surface area (Å²) in [7, 11) is 0. The molecule has 3 heteroatoms. The second-order valence-corrected chi connectivity index (χ2v) is 3.05. The molecule has 0 saturated carbocycles. The zero-order valence-electron chi connectivity index (χ0n) is 7.62. The summed E-state index contributed by atoms with van der Waals surface area (Å²) in [5.41, 5.74) is 6.88. The van der Waals surface area contributed by atoms with Gasteiger partial charge in [-0.3, -0.25) is 0 Å². The van der Waals surface area contributed by atoms with E-state index in [2.05, 4.69) is 0 Å². The summed E-state index contributed by atoms with van der Waals surface area (Å²) < 4.78 is 10.7. The Morgan fingerprint density at radius 3 is 3.23 bits per heavy atom. The van der Waals surface area contributed by atoms with Crippen LogP contribution in [0.5, 0.6) is 11.5 Å². The predicted molar refractivity (Wildman–Crippen MR) is 50.0 cm³/mol. The molecule has 1 atom stereocenters. The number of hydrogen-bond donors (Lipinski definition) is 1. The predicted octanol–water partition coefficient (Wildman–Crippen LogP) is 1.48. The SMILES string of the molecule is CCOc1ccc2c(c1)OCC2N. The molecule has 1 aromatic rings. The lowest BCUT2D eigenvalue weighted by molar-refractivity contribution is 0.323. The largest absolute Gasteiger partial charge is 0.494 e. The molecular weight excluding hydrogens is 166 g/mol. The third kappa shape index (κ3) is 1.47. The van der Waals surface area contributed by atoms with E-state index >= 15 is 0 Å². The second-order valence-electron chi connectivity index (χ2n) is 3.05. The fourth-order valence-corrected chi connectivity index (χ4v) is 1.47. The quantitative estimate of drug-likeness (QED) is 0.747. The van der Waals surface area contributed by atoms with Gasteiger partial charge in [-0.15, -0.1) is 0 Å². The minimum atomic E-state index is 0.0191. The van der Waals surface area contributed by atoms with Crippen LogP contribution in [0, 0.1) is 0 Å². The standard InChI is InChI=1S/C10H13NO2/c1-2-12-7-3-4-8-9(11)6-13-10(8)5-7/h3-5,9H,2,6,11H2,1H3. The molecular formula is C10H13NO2. The maximum atomic E-state index is 5.80. The maximum absolute atomic E-state index is 5.80. The second kappa shape index (κ2) is 3.26. The summed E-state index contributed by atoms with van der Waals surface area (Å²) in [6.07, 6.45) is 0. The van der Waals surface area contributed by atoms with Crippen molar-refractivity contribution < 1.29 is 9.47 Å². The molecule has 1 aliphatic rings. The molecule has 1 heterocycles. The van der Waals surface area contributed by atoms with Gasteiger partial charge in [0, 0.05) is 11.6 Å². The summed E-state index contributed by atoms with van der Waals surface area (Å²) in [6.45, 7) is 3.20. The maximum Gasteiger partial charge on any atom is 0.127 e. The number of fused-ring (bicyclic) bond motifs is 1. The van der Waals surface area contributed by atoms with Crippen molar-refractivity contribution in [2.45, 2.75) is 13.0 Å². The Balaban J connectivity index is 2.29. The van der Waals surface area contributed by atoms with Crippen LogP contribution in [0.4, 0.5) is 0 Å². The van der Waals surface area contributed by atoms with Crippen LogP contribution >= 0.6 is 0 Å². The summed E-state index contributed by atoms with van der Waals surface area (Å²) in [4.78, 5) is 0. The highest BCUT2D eigenvalue weighted by atomic mass is 16.5. The van der Waals surface area contributed by atoms with Gasteiger partial charge in [0.25, 0.3) is 0 Å². The van der Waals surface area contributed by atoms with E-state index in [0.717, 1.165) is 17.1 Å². The topological polar surface area (TPSA) is 44.5 Å². The Morgan fingerprint density at radius 1 is 1.62 bits per heavy atom. The van der Waals surface area contributed by atoms with Gasteiger partial charge in [0.2, 0.25) is 0 Å². The van der Waals surface area contributed by atoms with Crippen LogP contribution in [0.15, 0.2) is 18.2 Å². The Bertz CT molecular complexity index is 312. The Hall–Kier alpha value is -1.22. The third-order valence-electron chi connectivity index (χ3n) is 2.11. The molecule has 0 radical (unpaired) electrons. The minimum absolute atomic E-state index is 0.0191. The zero-order valence-corrected chi connectivity index (χ0v) is 7.62. The van der Waals surface area contributed by atoms with Gasteiger partial charge in [-0.05, 0) is 19.1 Å². The van der Waals surface area contributed by atoms with Crippen molar-refractivity contribution in [2.75, 3.05) is 13.2 Å². The molecule has 0 saturated heterocycles. The Kier molecular flexibility index (Phi) is 2.10. The van der Waals surface area contributed by atoms with Crippen molar-refractivity contribution in [1.82, 2.24) is 0 Å². The lowest BCUT2D eigenvalue weighted by Crippen LogP contribution is -2.10. The number of nitrogens with two attached hydrogens (primary N) is 1. The van der Waals surface area contributed by atoms with Crippen LogP contribution in [0.3, 0.4) is 0 Å². The highest BCUT2D eigenvalue weighted by Crippen LogP contribution is 2.33. The van der Waals surface area contributed by atoms with Gasteiger partial charge in [-0.2, -0.15) is 0 Å². The fraction of sp³-hybridized carbons (Fsp3) is 0.400. The van der Waals surface area contributed by atoms with Crippen LogP contribution in [0.25, 0.3) is 0 Å². The van der Waals surface area contributed by atoms with Gasteiger partial charge in [-0.1, -0.05) is 0 Å². The van der Waals surface area contributed by atoms with E-state index in [9.17, 15) is 0 Å². The van der Waals surface area contributed by atoms with Crippen LogP contribution in [0.2, 0.25) is 0 Å². The number of ether oxygens (including phenoxy) is 2. The molecule has 1 aromatic carbocycles. The normalized spacial score (nSPS) is 19.4. The van der Waals surface area contributed by atoms with Crippen molar-refractivity contribution in [3.05, 3.63) is 23.8 Å². The van der Waals surface area contributed by atoms with Gasteiger partial charge in [0.05, 0.1) is 12.6 Å². The molecule has 0 bridgehead atoms. The fourth-order valence-electron chi connectivity index (χ4n) is 1.47. The molecule has 0 amide bonds. The summed E-state index contributed by atoms with van der Waals surface area (Å²) in [5.74, 6) is 1.70. The monoisotopic (exact) mass is 179 g/mol. The van der Waals surface area contributed by atoms with Gasteiger partial charge in [-0.25, -0.2) is 0 Å². The van der Waals surface area contributed by atoms with Gasteiger partial charge in [0.1, 0.15) is 18.1 Å². The molecule has 0 spiro atoms. The van der Waals surface area contributed by atoms with E-state index in [1.165, 1.54) is 0 Å². The molecule has 13 heavy (non-hydrogen) atoms. The smallest absolute Gasteiger partial charge is 0.127 e. The lowest BCUT2D eigenvalue weighted by atomic mass is 10.1. The first-order valence-electron chi connectivity index (χ1n) is 4.46. The number of rotatable bonds is 2. The van der Waals surface area contributed by atoms with Crippen LogP contribution in [-0.4, -0.2) is 13.2 Å². The average molecular weight is 179 g/mol. The summed E-state index contributed by atoms with van der Waals surface area (Å²) in [6, 6.07) is 5.81. The summed E-state index contributed by atoms with van der Waals surface area (Å²) >= 11 is 0. The minimum Gasteiger partial charge on any atom is -0.494 e. The van der Waals surface area contributed by atoms with Crippen molar-refractivity contribution in [1.29, 1.82) is 0 Å². The Labute approximate surface area is 77.5 Å². The Morgan fingerprint density at radius 2 is 2.46 bits per heavy atom. The van der Waals surface area contributed by atoms with E-state index in [-0.39, 0.29) is 6.04 Å². The number of hydrogen-bond acceptors (Lipinski definition) is 3. The van der Waals surface area contributed by atoms with Crippen molar-refractivity contribution >= 4 is 0 Å². The highest BCUT2D eigenvalue weighted by molar-refractivity contribution is 5.44. The lowest BCUT2D eigenvalue weighted by Gasteiger charge is -2.05. The average Bonchev–Trinajstić information content (AvgIpc) is 2.48. The van der Waals surface area contributed by atoms with Crippen molar-refractivity contribution in [3.63, 3.8) is 0 Å². The molecule has 2 N–H and O–H groups in total. The molecule has 1 aliphatic heterocycles. The van der Waals surface area contributed by atoms with Crippen LogP contribution < -0.4 is 15.2 Å². The van der Waals surface area contributed by atoms with Crippen LogP contribution in [0.1, 0.15) is 18.5 Å². The van der Waals surface area contributed by atoms with E-state index < -0.39 is 0 Å². The van der Waals surface area contributed by atoms with Gasteiger partial charge in [0.15, 0.2) is 0 Å². The van der Waals surface area contributed by atoms with Crippen LogP contribution in [-0.2, 0) is 0 Å². The van der Waals surface area contributed by atoms with E-state index in [1.54, 1.807) is 0 Å². The summed E-state index contributed by atoms with van der Waals surface area (Å²) in [5, 5.41) is 0. The molecule has 0 aromatic heterocycles. The van der Waals surface area contributed by atoms with Crippen molar-refractivity contribution in [3.8, 4) is 11.5 Å². The van der Waals surface area contributed by atoms with Crippen molar-refractivity contribution in [2.24, 2.45) is 5.73 Å². The molecule has 1 unspecified atom stereocenters. The molecule has 3 nitrogen and oxygen atoms in total. The first kappa shape index (κ1) is 8.38. The zero-order chi connectivity index (χ0) is 9.26. The molecule has 0 fully saturated rings. The van der Waals surface area contributed by atoms with Gasteiger partial charge >= 0.3 is 0 Å². The number of benzene rings is 1. The van der Waals surface area contributed by atoms with E-state index in [4.69, 9.17) is 15.2 Å². The first-order chi connectivity index (χ1) is 6.31. The van der Waals surface area contributed by atoms with E-state index in [1.807, 2.05) is 25.1 Å². The molecule has 2 rings (SSSR count). The first-order valence-corrected chi connectivity index (χ1v) is 4.46. The third-order valence-corrected chi connectivity index (χ3v) is 2.11.